The third-order valence-corrected chi connectivity index (χ3v) is 7.54. The van der Waals surface area contributed by atoms with Gasteiger partial charge in [-0.3, -0.25) is 9.78 Å². The zero-order valence-corrected chi connectivity index (χ0v) is 16.7. The van der Waals surface area contributed by atoms with E-state index >= 15 is 0 Å². The number of carbonyl (C=O) groups is 1. The normalized spacial score (nSPS) is 35.6. The van der Waals surface area contributed by atoms with Crippen LogP contribution in [0.5, 0.6) is 5.75 Å². The first-order valence-electron chi connectivity index (χ1n) is 9.94. The van der Waals surface area contributed by atoms with Crippen LogP contribution in [0.4, 0.5) is 13.2 Å². The van der Waals surface area contributed by atoms with Crippen molar-refractivity contribution < 1.29 is 22.7 Å². The van der Waals surface area contributed by atoms with E-state index in [0.29, 0.717) is 16.9 Å². The Hall–Kier alpha value is -2.30. The molecule has 2 heterocycles. The smallest absolute Gasteiger partial charge is 0.394 e. The fraction of sp³-hybridized carbons (Fsp3) is 0.667. The van der Waals surface area contributed by atoms with E-state index in [0.717, 1.165) is 0 Å². The van der Waals surface area contributed by atoms with E-state index in [9.17, 15) is 23.2 Å². The SMILES string of the molecule is C[C@@H]1[C@H](C)Oc2c(C#N)cncc2[C@@H]1N(C)C(=O)C12CCC(C(F)(F)F)(CC1)C2. The number of hydrogen-bond donors (Lipinski definition) is 0. The Morgan fingerprint density at radius 1 is 1.28 bits per heavy atom. The molecule has 2 bridgehead atoms. The Kier molecular flexibility index (Phi) is 4.38. The van der Waals surface area contributed by atoms with Crippen LogP contribution in [0.3, 0.4) is 0 Å². The van der Waals surface area contributed by atoms with Gasteiger partial charge in [-0.2, -0.15) is 18.4 Å². The molecule has 0 spiro atoms. The zero-order valence-electron chi connectivity index (χ0n) is 16.7. The Labute approximate surface area is 167 Å². The Morgan fingerprint density at radius 2 is 1.93 bits per heavy atom. The monoisotopic (exact) mass is 407 g/mol. The first-order chi connectivity index (χ1) is 13.6. The van der Waals surface area contributed by atoms with E-state index in [4.69, 9.17) is 4.74 Å². The van der Waals surface area contributed by atoms with Crippen LogP contribution in [-0.4, -0.2) is 35.1 Å². The summed E-state index contributed by atoms with van der Waals surface area (Å²) in [7, 11) is 1.66. The fourth-order valence-electron chi connectivity index (χ4n) is 5.66. The van der Waals surface area contributed by atoms with Crippen LogP contribution in [-0.2, 0) is 4.79 Å². The van der Waals surface area contributed by atoms with Crippen molar-refractivity contribution in [1.82, 2.24) is 9.88 Å². The predicted molar refractivity (Wildman–Crippen MR) is 97.7 cm³/mol. The highest BCUT2D eigenvalue weighted by molar-refractivity contribution is 5.84. The van der Waals surface area contributed by atoms with Crippen LogP contribution in [0, 0.1) is 28.1 Å². The van der Waals surface area contributed by atoms with Crippen molar-refractivity contribution in [3.8, 4) is 11.8 Å². The lowest BCUT2D eigenvalue weighted by Crippen LogP contribution is -2.47. The van der Waals surface area contributed by atoms with Gasteiger partial charge >= 0.3 is 6.18 Å². The van der Waals surface area contributed by atoms with Crippen molar-refractivity contribution >= 4 is 5.91 Å². The fourth-order valence-corrected chi connectivity index (χ4v) is 5.66. The van der Waals surface area contributed by atoms with Crippen molar-refractivity contribution in [2.75, 3.05) is 7.05 Å². The second-order valence-electron chi connectivity index (χ2n) is 9.00. The van der Waals surface area contributed by atoms with E-state index < -0.39 is 23.0 Å². The molecule has 0 unspecified atom stereocenters. The van der Waals surface area contributed by atoms with Gasteiger partial charge in [0.2, 0.25) is 5.91 Å². The topological polar surface area (TPSA) is 66.2 Å². The van der Waals surface area contributed by atoms with E-state index in [2.05, 4.69) is 11.1 Å². The summed E-state index contributed by atoms with van der Waals surface area (Å²) < 4.78 is 46.9. The van der Waals surface area contributed by atoms with Gasteiger partial charge in [0.05, 0.1) is 16.9 Å². The summed E-state index contributed by atoms with van der Waals surface area (Å²) in [6.07, 6.45) is -1.06. The molecule has 1 aliphatic heterocycles. The Balaban J connectivity index is 1.68. The van der Waals surface area contributed by atoms with E-state index in [-0.39, 0.29) is 50.0 Å². The Bertz CT molecular complexity index is 884. The first-order valence-corrected chi connectivity index (χ1v) is 9.94. The van der Waals surface area contributed by atoms with Crippen molar-refractivity contribution in [3.05, 3.63) is 23.5 Å². The third kappa shape index (κ3) is 2.73. The first kappa shape index (κ1) is 20.0. The number of nitriles is 1. The minimum absolute atomic E-state index is 0.0204. The number of aromatic nitrogens is 1. The van der Waals surface area contributed by atoms with Gasteiger partial charge < -0.3 is 9.64 Å². The summed E-state index contributed by atoms with van der Waals surface area (Å²) in [6, 6.07) is 1.66. The van der Waals surface area contributed by atoms with Crippen molar-refractivity contribution in [1.29, 1.82) is 5.26 Å². The maximum Gasteiger partial charge on any atom is 0.394 e. The molecule has 2 aliphatic carbocycles. The van der Waals surface area contributed by atoms with E-state index in [1.54, 1.807) is 18.1 Å². The number of nitrogens with zero attached hydrogens (tertiary/aromatic N) is 3. The van der Waals surface area contributed by atoms with Crippen molar-refractivity contribution in [3.63, 3.8) is 0 Å². The minimum Gasteiger partial charge on any atom is -0.488 e. The molecule has 3 aliphatic rings. The molecule has 0 radical (unpaired) electrons. The standard InChI is InChI=1S/C21H24F3N3O2/c1-12-13(2)29-17-14(8-25)9-26-10-15(17)16(12)27(3)18(28)19-4-6-20(11-19,7-5-19)21(22,23)24/h9-10,12-13,16H,4-7,11H2,1-3H3/t12-,13+,16-,19?,20?/m1/s1. The highest BCUT2D eigenvalue weighted by atomic mass is 19.4. The molecule has 0 N–H and O–H groups in total. The molecule has 1 aromatic heterocycles. The van der Waals surface area contributed by atoms with E-state index in [1.807, 2.05) is 13.8 Å². The number of halogens is 3. The second kappa shape index (κ2) is 6.35. The molecule has 0 saturated heterocycles. The highest BCUT2D eigenvalue weighted by Gasteiger charge is 2.68. The Morgan fingerprint density at radius 3 is 2.48 bits per heavy atom. The van der Waals surface area contributed by atoms with Gasteiger partial charge in [0, 0.05) is 30.9 Å². The number of hydrogen-bond acceptors (Lipinski definition) is 4. The zero-order chi connectivity index (χ0) is 21.2. The molecule has 2 fully saturated rings. The van der Waals surface area contributed by atoms with Crippen LogP contribution in [0.1, 0.15) is 63.1 Å². The molecular formula is C21H24F3N3O2. The lowest BCUT2D eigenvalue weighted by atomic mass is 9.79. The number of rotatable bonds is 2. The molecule has 3 atom stereocenters. The van der Waals surface area contributed by atoms with Gasteiger partial charge in [-0.1, -0.05) is 6.92 Å². The molecule has 1 amide bonds. The number of ether oxygens (including phenoxy) is 1. The van der Waals surface area contributed by atoms with Gasteiger partial charge in [-0.25, -0.2) is 0 Å². The lowest BCUT2D eigenvalue weighted by molar-refractivity contribution is -0.220. The van der Waals surface area contributed by atoms with Gasteiger partial charge in [0.1, 0.15) is 23.5 Å². The summed E-state index contributed by atoms with van der Waals surface area (Å²) in [5.74, 6) is 0.0805. The molecule has 5 nitrogen and oxygen atoms in total. The largest absolute Gasteiger partial charge is 0.488 e. The molecular weight excluding hydrogens is 383 g/mol. The third-order valence-electron chi connectivity index (χ3n) is 7.54. The molecule has 8 heteroatoms. The van der Waals surface area contributed by atoms with Crippen LogP contribution >= 0.6 is 0 Å². The van der Waals surface area contributed by atoms with Gasteiger partial charge in [0.25, 0.3) is 0 Å². The molecule has 156 valence electrons. The molecule has 2 saturated carbocycles. The van der Waals surface area contributed by atoms with E-state index in [1.165, 1.54) is 6.20 Å². The number of carbonyl (C=O) groups excluding carboxylic acids is 1. The van der Waals surface area contributed by atoms with Gasteiger partial charge in [-0.05, 0) is 39.0 Å². The summed E-state index contributed by atoms with van der Waals surface area (Å²) >= 11 is 0. The summed E-state index contributed by atoms with van der Waals surface area (Å²) in [5.41, 5.74) is -1.74. The number of fused-ring (bicyclic) bond motifs is 3. The maximum atomic E-state index is 13.6. The quantitative estimate of drug-likeness (QED) is 0.730. The number of amides is 1. The summed E-state index contributed by atoms with van der Waals surface area (Å²) in [5, 5.41) is 9.38. The molecule has 29 heavy (non-hydrogen) atoms. The number of alkyl halides is 3. The average molecular weight is 407 g/mol. The summed E-state index contributed by atoms with van der Waals surface area (Å²) in [4.78, 5) is 19.2. The minimum atomic E-state index is -4.27. The van der Waals surface area contributed by atoms with Crippen LogP contribution < -0.4 is 4.74 Å². The molecule has 0 aromatic carbocycles. The predicted octanol–water partition coefficient (Wildman–Crippen LogP) is 4.38. The maximum absolute atomic E-state index is 13.6. The van der Waals surface area contributed by atoms with Crippen LogP contribution in [0.15, 0.2) is 12.4 Å². The summed E-state index contributed by atoms with van der Waals surface area (Å²) in [6.45, 7) is 3.82. The van der Waals surface area contributed by atoms with Gasteiger partial charge in [0.15, 0.2) is 0 Å². The van der Waals surface area contributed by atoms with Gasteiger partial charge in [-0.15, -0.1) is 0 Å². The second-order valence-corrected chi connectivity index (χ2v) is 9.00. The van der Waals surface area contributed by atoms with Crippen LogP contribution in [0.25, 0.3) is 0 Å². The van der Waals surface area contributed by atoms with Crippen molar-refractivity contribution in [2.45, 2.75) is 64.3 Å². The lowest BCUT2D eigenvalue weighted by Gasteiger charge is -2.43. The highest BCUT2D eigenvalue weighted by Crippen LogP contribution is 2.68. The molecule has 4 rings (SSSR count). The van der Waals surface area contributed by atoms with Crippen LogP contribution in [0.2, 0.25) is 0 Å². The average Bonchev–Trinajstić information content (AvgIpc) is 3.27. The molecule has 1 aromatic rings. The number of pyridine rings is 1. The van der Waals surface area contributed by atoms with Crippen molar-refractivity contribution in [2.24, 2.45) is 16.7 Å².